The minimum absolute atomic E-state index is 0.0663. The van der Waals surface area contributed by atoms with E-state index in [2.05, 4.69) is 0 Å². The van der Waals surface area contributed by atoms with E-state index in [1.54, 1.807) is 18.2 Å². The normalized spacial score (nSPS) is 20.6. The maximum absolute atomic E-state index is 12.2. The predicted octanol–water partition coefficient (Wildman–Crippen LogP) is 2.32. The molecule has 1 N–H and O–H groups in total. The summed E-state index contributed by atoms with van der Waals surface area (Å²) in [7, 11) is 1.45. The van der Waals surface area contributed by atoms with Crippen molar-refractivity contribution >= 4 is 35.1 Å². The molecule has 8 heteroatoms. The standard InChI is InChI=1S/C15H17Cl2NO5/c1-22-9-15(14(20)21)2-3-18(8-15)13(19)7-23-12-5-10(16)4-11(17)6-12/h4-6H,2-3,7-9H2,1H3,(H,20,21). The molecule has 1 aromatic carbocycles. The van der Waals surface area contributed by atoms with Gasteiger partial charge in [0.05, 0.1) is 6.61 Å². The van der Waals surface area contributed by atoms with Crippen molar-refractivity contribution in [3.05, 3.63) is 28.2 Å². The number of hydrogen-bond donors (Lipinski definition) is 1. The van der Waals surface area contributed by atoms with E-state index in [0.717, 1.165) is 0 Å². The number of amides is 1. The van der Waals surface area contributed by atoms with E-state index in [0.29, 0.717) is 28.8 Å². The quantitative estimate of drug-likeness (QED) is 0.841. The van der Waals surface area contributed by atoms with E-state index in [-0.39, 0.29) is 25.7 Å². The third-order valence-corrected chi connectivity index (χ3v) is 4.22. The summed E-state index contributed by atoms with van der Waals surface area (Å²) in [6.45, 7) is 0.318. The van der Waals surface area contributed by atoms with Gasteiger partial charge >= 0.3 is 5.97 Å². The van der Waals surface area contributed by atoms with Crippen LogP contribution in [0.5, 0.6) is 5.75 Å². The molecule has 0 radical (unpaired) electrons. The average molecular weight is 362 g/mol. The van der Waals surface area contributed by atoms with Crippen molar-refractivity contribution < 1.29 is 24.2 Å². The van der Waals surface area contributed by atoms with Gasteiger partial charge in [0, 0.05) is 30.2 Å². The van der Waals surface area contributed by atoms with Gasteiger partial charge in [-0.2, -0.15) is 0 Å². The third-order valence-electron chi connectivity index (χ3n) is 3.78. The molecular formula is C15H17Cl2NO5. The number of aliphatic carboxylic acids is 1. The van der Waals surface area contributed by atoms with Gasteiger partial charge in [0.2, 0.25) is 0 Å². The van der Waals surface area contributed by atoms with Crippen LogP contribution in [0.1, 0.15) is 6.42 Å². The first-order valence-corrected chi connectivity index (χ1v) is 7.71. The van der Waals surface area contributed by atoms with Gasteiger partial charge in [-0.1, -0.05) is 23.2 Å². The number of ether oxygens (including phenoxy) is 2. The third kappa shape index (κ3) is 4.28. The number of hydrogen-bond acceptors (Lipinski definition) is 4. The number of carboxylic acid groups (broad SMARTS) is 1. The topological polar surface area (TPSA) is 76.1 Å². The monoisotopic (exact) mass is 361 g/mol. The number of carbonyl (C=O) groups is 2. The molecule has 0 aliphatic carbocycles. The van der Waals surface area contributed by atoms with Gasteiger partial charge in [-0.15, -0.1) is 0 Å². The molecule has 1 aliphatic heterocycles. The molecule has 1 atom stereocenters. The second kappa shape index (κ2) is 7.38. The smallest absolute Gasteiger partial charge is 0.313 e. The van der Waals surface area contributed by atoms with Gasteiger partial charge < -0.3 is 19.5 Å². The molecule has 1 unspecified atom stereocenters. The van der Waals surface area contributed by atoms with E-state index in [9.17, 15) is 14.7 Å². The first-order valence-electron chi connectivity index (χ1n) is 6.95. The predicted molar refractivity (Wildman–Crippen MR) is 85.1 cm³/mol. The molecular weight excluding hydrogens is 345 g/mol. The first-order chi connectivity index (χ1) is 10.9. The lowest BCUT2D eigenvalue weighted by atomic mass is 9.88. The Morgan fingerprint density at radius 2 is 1.96 bits per heavy atom. The second-order valence-corrected chi connectivity index (χ2v) is 6.35. The molecule has 1 aromatic rings. The highest BCUT2D eigenvalue weighted by molar-refractivity contribution is 6.34. The van der Waals surface area contributed by atoms with Crippen LogP contribution in [-0.4, -0.2) is 55.3 Å². The Balaban J connectivity index is 1.95. The van der Waals surface area contributed by atoms with Crippen LogP contribution in [0.4, 0.5) is 0 Å². The van der Waals surface area contributed by atoms with Crippen LogP contribution < -0.4 is 4.74 Å². The lowest BCUT2D eigenvalue weighted by Gasteiger charge is -2.23. The first kappa shape index (κ1) is 17.8. The van der Waals surface area contributed by atoms with Crippen LogP contribution in [0, 0.1) is 5.41 Å². The molecule has 1 amide bonds. The Morgan fingerprint density at radius 1 is 1.30 bits per heavy atom. The summed E-state index contributed by atoms with van der Waals surface area (Å²) in [6.07, 6.45) is 0.352. The van der Waals surface area contributed by atoms with E-state index in [1.807, 2.05) is 0 Å². The van der Waals surface area contributed by atoms with Crippen molar-refractivity contribution in [3.63, 3.8) is 0 Å². The Labute approximate surface area is 143 Å². The zero-order valence-electron chi connectivity index (χ0n) is 12.6. The van der Waals surface area contributed by atoms with E-state index < -0.39 is 11.4 Å². The molecule has 0 aromatic heterocycles. The number of halogens is 2. The fourth-order valence-electron chi connectivity index (χ4n) is 2.56. The number of benzene rings is 1. The number of likely N-dealkylation sites (tertiary alicyclic amines) is 1. The minimum atomic E-state index is -1.05. The number of carboxylic acids is 1. The zero-order valence-corrected chi connectivity index (χ0v) is 14.1. The highest BCUT2D eigenvalue weighted by Gasteiger charge is 2.46. The molecule has 126 valence electrons. The summed E-state index contributed by atoms with van der Waals surface area (Å²) in [6, 6.07) is 4.67. The van der Waals surface area contributed by atoms with Crippen molar-refractivity contribution in [2.75, 3.05) is 33.4 Å². The minimum Gasteiger partial charge on any atom is -0.484 e. The van der Waals surface area contributed by atoms with E-state index in [1.165, 1.54) is 12.0 Å². The highest BCUT2D eigenvalue weighted by Crippen LogP contribution is 2.31. The number of rotatable bonds is 6. The van der Waals surface area contributed by atoms with Gasteiger partial charge in [-0.05, 0) is 24.6 Å². The van der Waals surface area contributed by atoms with E-state index in [4.69, 9.17) is 32.7 Å². The summed E-state index contributed by atoms with van der Waals surface area (Å²) < 4.78 is 10.4. The lowest BCUT2D eigenvalue weighted by molar-refractivity contribution is -0.151. The summed E-state index contributed by atoms with van der Waals surface area (Å²) in [4.78, 5) is 25.1. The zero-order chi connectivity index (χ0) is 17.0. The van der Waals surface area contributed by atoms with Gasteiger partial charge in [-0.3, -0.25) is 9.59 Å². The van der Waals surface area contributed by atoms with Crippen LogP contribution in [0.15, 0.2) is 18.2 Å². The summed E-state index contributed by atoms with van der Waals surface area (Å²) >= 11 is 11.7. The van der Waals surface area contributed by atoms with Gasteiger partial charge in [0.1, 0.15) is 11.2 Å². The number of nitrogens with zero attached hydrogens (tertiary/aromatic N) is 1. The van der Waals surface area contributed by atoms with Crippen LogP contribution in [0.25, 0.3) is 0 Å². The molecule has 1 heterocycles. The summed E-state index contributed by atoms with van der Waals surface area (Å²) in [5.41, 5.74) is -1.05. The van der Waals surface area contributed by atoms with Crippen molar-refractivity contribution in [1.29, 1.82) is 0 Å². The molecule has 2 rings (SSSR count). The molecule has 1 fully saturated rings. The van der Waals surface area contributed by atoms with Gasteiger partial charge in [0.25, 0.3) is 5.91 Å². The second-order valence-electron chi connectivity index (χ2n) is 5.48. The molecule has 0 saturated carbocycles. The number of methoxy groups -OCH3 is 1. The van der Waals surface area contributed by atoms with Crippen molar-refractivity contribution in [2.24, 2.45) is 5.41 Å². The van der Waals surface area contributed by atoms with Crippen molar-refractivity contribution in [2.45, 2.75) is 6.42 Å². The summed E-state index contributed by atoms with van der Waals surface area (Å²) in [5.74, 6) is -0.867. The highest BCUT2D eigenvalue weighted by atomic mass is 35.5. The molecule has 0 bridgehead atoms. The van der Waals surface area contributed by atoms with Crippen LogP contribution in [0.3, 0.4) is 0 Å². The van der Waals surface area contributed by atoms with Gasteiger partial charge in [-0.25, -0.2) is 0 Å². The molecule has 23 heavy (non-hydrogen) atoms. The molecule has 1 saturated heterocycles. The largest absolute Gasteiger partial charge is 0.484 e. The lowest BCUT2D eigenvalue weighted by Crippen LogP contribution is -2.41. The molecule has 6 nitrogen and oxygen atoms in total. The Morgan fingerprint density at radius 3 is 2.52 bits per heavy atom. The Kier molecular flexibility index (Phi) is 5.73. The average Bonchev–Trinajstić information content (AvgIpc) is 2.90. The number of carbonyl (C=O) groups excluding carboxylic acids is 1. The molecule has 0 spiro atoms. The SMILES string of the molecule is COCC1(C(=O)O)CCN(C(=O)COc2cc(Cl)cc(Cl)c2)C1. The fraction of sp³-hybridized carbons (Fsp3) is 0.467. The summed E-state index contributed by atoms with van der Waals surface area (Å²) in [5, 5.41) is 10.2. The van der Waals surface area contributed by atoms with Crippen molar-refractivity contribution in [1.82, 2.24) is 4.90 Å². The van der Waals surface area contributed by atoms with Crippen LogP contribution in [0.2, 0.25) is 10.0 Å². The van der Waals surface area contributed by atoms with Crippen molar-refractivity contribution in [3.8, 4) is 5.75 Å². The Hall–Kier alpha value is -1.50. The van der Waals surface area contributed by atoms with Gasteiger partial charge in [0.15, 0.2) is 6.61 Å². The molecule has 1 aliphatic rings. The van der Waals surface area contributed by atoms with Crippen LogP contribution >= 0.6 is 23.2 Å². The van der Waals surface area contributed by atoms with Crippen LogP contribution in [-0.2, 0) is 14.3 Å². The Bertz CT molecular complexity index is 589. The fourth-order valence-corrected chi connectivity index (χ4v) is 3.07. The van der Waals surface area contributed by atoms with E-state index >= 15 is 0 Å². The maximum atomic E-state index is 12.2. The maximum Gasteiger partial charge on any atom is 0.313 e.